The Morgan fingerprint density at radius 1 is 1.50 bits per heavy atom. The molecule has 0 bridgehead atoms. The van der Waals surface area contributed by atoms with E-state index >= 15 is 0 Å². The van der Waals surface area contributed by atoms with Gasteiger partial charge in [-0.25, -0.2) is 4.39 Å². The van der Waals surface area contributed by atoms with Gasteiger partial charge < -0.3 is 14.8 Å². The molecule has 4 heteroatoms. The van der Waals surface area contributed by atoms with Crippen molar-refractivity contribution in [2.75, 3.05) is 26.9 Å². The molecule has 0 aromatic heterocycles. The van der Waals surface area contributed by atoms with Crippen LogP contribution in [0.15, 0.2) is 18.2 Å². The first-order chi connectivity index (χ1) is 9.76. The average molecular weight is 281 g/mol. The van der Waals surface area contributed by atoms with Crippen molar-refractivity contribution in [1.29, 1.82) is 0 Å². The molecule has 1 aliphatic heterocycles. The predicted molar refractivity (Wildman–Crippen MR) is 77.5 cm³/mol. The van der Waals surface area contributed by atoms with Crippen LogP contribution in [-0.2, 0) is 4.74 Å². The number of rotatable bonds is 6. The molecule has 1 N–H and O–H groups in total. The van der Waals surface area contributed by atoms with Crippen molar-refractivity contribution in [2.24, 2.45) is 5.92 Å². The lowest BCUT2D eigenvalue weighted by molar-refractivity contribution is 0.0385. The standard InChI is InChI=1S/C16H24FNO2/c1-3-8-18-16(12-5-4-9-20-11-12)14-7-6-13(19-2)10-15(14)17/h6-7,10,12,16,18H,3-5,8-9,11H2,1-2H3. The van der Waals surface area contributed by atoms with E-state index in [1.165, 1.54) is 6.07 Å². The van der Waals surface area contributed by atoms with Gasteiger partial charge in [-0.1, -0.05) is 13.0 Å². The minimum atomic E-state index is -0.205. The molecule has 0 spiro atoms. The van der Waals surface area contributed by atoms with Crippen molar-refractivity contribution in [1.82, 2.24) is 5.32 Å². The Bertz CT molecular complexity index is 419. The fourth-order valence-corrected chi connectivity index (χ4v) is 2.75. The molecule has 1 aromatic rings. The maximum Gasteiger partial charge on any atom is 0.131 e. The van der Waals surface area contributed by atoms with Gasteiger partial charge in [0.15, 0.2) is 0 Å². The fraction of sp³-hybridized carbons (Fsp3) is 0.625. The highest BCUT2D eigenvalue weighted by Crippen LogP contribution is 2.31. The number of ether oxygens (including phenoxy) is 2. The zero-order valence-electron chi connectivity index (χ0n) is 12.3. The molecule has 0 saturated carbocycles. The van der Waals surface area contributed by atoms with Gasteiger partial charge >= 0.3 is 0 Å². The van der Waals surface area contributed by atoms with Crippen molar-refractivity contribution in [3.63, 3.8) is 0 Å². The molecule has 3 nitrogen and oxygen atoms in total. The molecule has 20 heavy (non-hydrogen) atoms. The molecule has 1 saturated heterocycles. The molecule has 0 radical (unpaired) electrons. The fourth-order valence-electron chi connectivity index (χ4n) is 2.75. The third-order valence-corrected chi connectivity index (χ3v) is 3.82. The maximum absolute atomic E-state index is 14.3. The van der Waals surface area contributed by atoms with Gasteiger partial charge in [-0.15, -0.1) is 0 Å². The summed E-state index contributed by atoms with van der Waals surface area (Å²) in [5.74, 6) is 0.683. The molecule has 2 rings (SSSR count). The van der Waals surface area contributed by atoms with Crippen molar-refractivity contribution < 1.29 is 13.9 Å². The molecular weight excluding hydrogens is 257 g/mol. The summed E-state index contributed by atoms with van der Waals surface area (Å²) in [7, 11) is 1.55. The van der Waals surface area contributed by atoms with Crippen LogP contribution in [0.1, 0.15) is 37.8 Å². The van der Waals surface area contributed by atoms with Gasteiger partial charge in [0.05, 0.1) is 13.7 Å². The number of methoxy groups -OCH3 is 1. The first-order valence-electron chi connectivity index (χ1n) is 7.40. The summed E-state index contributed by atoms with van der Waals surface area (Å²) in [5.41, 5.74) is 0.717. The number of nitrogens with one attached hydrogen (secondary N) is 1. The first-order valence-corrected chi connectivity index (χ1v) is 7.40. The summed E-state index contributed by atoms with van der Waals surface area (Å²) in [6.07, 6.45) is 3.15. The van der Waals surface area contributed by atoms with Gasteiger partial charge in [-0.3, -0.25) is 0 Å². The largest absolute Gasteiger partial charge is 0.497 e. The molecule has 112 valence electrons. The summed E-state index contributed by atoms with van der Waals surface area (Å²) in [5, 5.41) is 3.47. The van der Waals surface area contributed by atoms with Gasteiger partial charge in [-0.05, 0) is 31.9 Å². The van der Waals surface area contributed by atoms with Gasteiger partial charge in [-0.2, -0.15) is 0 Å². The molecule has 0 aliphatic carbocycles. The zero-order chi connectivity index (χ0) is 14.4. The Balaban J connectivity index is 2.20. The quantitative estimate of drug-likeness (QED) is 0.868. The van der Waals surface area contributed by atoms with E-state index in [2.05, 4.69) is 12.2 Å². The van der Waals surface area contributed by atoms with E-state index in [1.807, 2.05) is 12.1 Å². The molecule has 1 fully saturated rings. The lowest BCUT2D eigenvalue weighted by Gasteiger charge is -2.31. The summed E-state index contributed by atoms with van der Waals surface area (Å²) in [6, 6.07) is 5.12. The Kier molecular flexibility index (Phi) is 5.80. The SMILES string of the molecule is CCCNC(c1ccc(OC)cc1F)C1CCCOC1. The Morgan fingerprint density at radius 3 is 2.95 bits per heavy atom. The summed E-state index contributed by atoms with van der Waals surface area (Å²) in [6.45, 7) is 4.52. The summed E-state index contributed by atoms with van der Waals surface area (Å²) < 4.78 is 24.9. The highest BCUT2D eigenvalue weighted by molar-refractivity contribution is 5.31. The van der Waals surface area contributed by atoms with Crippen molar-refractivity contribution in [3.05, 3.63) is 29.6 Å². The third-order valence-electron chi connectivity index (χ3n) is 3.82. The topological polar surface area (TPSA) is 30.5 Å². The zero-order valence-corrected chi connectivity index (χ0v) is 12.3. The first kappa shape index (κ1) is 15.3. The van der Waals surface area contributed by atoms with E-state index in [-0.39, 0.29) is 11.9 Å². The molecule has 1 heterocycles. The summed E-state index contributed by atoms with van der Waals surface area (Å²) in [4.78, 5) is 0. The van der Waals surface area contributed by atoms with Gasteiger partial charge in [0.25, 0.3) is 0 Å². The van der Waals surface area contributed by atoms with Crippen LogP contribution in [0, 0.1) is 11.7 Å². The van der Waals surface area contributed by atoms with Crippen LogP contribution < -0.4 is 10.1 Å². The van der Waals surface area contributed by atoms with Crippen LogP contribution in [0.25, 0.3) is 0 Å². The highest BCUT2D eigenvalue weighted by Gasteiger charge is 2.27. The maximum atomic E-state index is 14.3. The second-order valence-corrected chi connectivity index (χ2v) is 5.30. The van der Waals surface area contributed by atoms with Crippen LogP contribution in [0.4, 0.5) is 4.39 Å². The van der Waals surface area contributed by atoms with Crippen molar-refractivity contribution >= 4 is 0 Å². The second kappa shape index (κ2) is 7.60. The molecule has 0 amide bonds. The second-order valence-electron chi connectivity index (χ2n) is 5.30. The molecule has 2 unspecified atom stereocenters. The lowest BCUT2D eigenvalue weighted by atomic mass is 9.88. The molecular formula is C16H24FNO2. The van der Waals surface area contributed by atoms with Crippen LogP contribution >= 0.6 is 0 Å². The Morgan fingerprint density at radius 2 is 2.35 bits per heavy atom. The van der Waals surface area contributed by atoms with E-state index in [1.54, 1.807) is 7.11 Å². The van der Waals surface area contributed by atoms with Crippen LogP contribution in [0.5, 0.6) is 5.75 Å². The Hall–Kier alpha value is -1.13. The predicted octanol–water partition coefficient (Wildman–Crippen LogP) is 3.30. The average Bonchev–Trinajstić information content (AvgIpc) is 2.50. The lowest BCUT2D eigenvalue weighted by Crippen LogP contribution is -2.34. The molecule has 1 aromatic carbocycles. The monoisotopic (exact) mass is 281 g/mol. The Labute approximate surface area is 120 Å². The minimum absolute atomic E-state index is 0.0150. The number of hydrogen-bond acceptors (Lipinski definition) is 3. The van der Waals surface area contributed by atoms with Crippen molar-refractivity contribution in [3.8, 4) is 5.75 Å². The normalized spacial score (nSPS) is 20.6. The number of halogens is 1. The minimum Gasteiger partial charge on any atom is -0.497 e. The third kappa shape index (κ3) is 3.70. The smallest absolute Gasteiger partial charge is 0.131 e. The van der Waals surface area contributed by atoms with Crippen LogP contribution in [0.3, 0.4) is 0 Å². The van der Waals surface area contributed by atoms with E-state index in [0.717, 1.165) is 38.0 Å². The molecule has 1 aliphatic rings. The summed E-state index contributed by atoms with van der Waals surface area (Å²) >= 11 is 0. The van der Waals surface area contributed by atoms with E-state index in [0.29, 0.717) is 18.3 Å². The highest BCUT2D eigenvalue weighted by atomic mass is 19.1. The van der Waals surface area contributed by atoms with Crippen LogP contribution in [-0.4, -0.2) is 26.9 Å². The van der Waals surface area contributed by atoms with Gasteiger partial charge in [0, 0.05) is 30.2 Å². The van der Waals surface area contributed by atoms with E-state index in [4.69, 9.17) is 9.47 Å². The van der Waals surface area contributed by atoms with Gasteiger partial charge in [0.2, 0.25) is 0 Å². The van der Waals surface area contributed by atoms with Gasteiger partial charge in [0.1, 0.15) is 11.6 Å². The number of benzene rings is 1. The van der Waals surface area contributed by atoms with E-state index < -0.39 is 0 Å². The van der Waals surface area contributed by atoms with Crippen LogP contribution in [0.2, 0.25) is 0 Å². The van der Waals surface area contributed by atoms with Crippen molar-refractivity contribution in [2.45, 2.75) is 32.2 Å². The molecule has 2 atom stereocenters. The number of hydrogen-bond donors (Lipinski definition) is 1. The van der Waals surface area contributed by atoms with E-state index in [9.17, 15) is 4.39 Å².